The van der Waals surface area contributed by atoms with Crippen molar-refractivity contribution < 1.29 is 0 Å². The van der Waals surface area contributed by atoms with Gasteiger partial charge in [0.25, 0.3) is 11.1 Å². The van der Waals surface area contributed by atoms with Gasteiger partial charge in [0.15, 0.2) is 5.52 Å². The van der Waals surface area contributed by atoms with E-state index in [2.05, 4.69) is 27.1 Å². The molecule has 7 heteroatoms. The third kappa shape index (κ3) is 3.41. The van der Waals surface area contributed by atoms with Gasteiger partial charge in [0.2, 0.25) is 5.95 Å². The summed E-state index contributed by atoms with van der Waals surface area (Å²) in [5.41, 5.74) is 1.30. The fourth-order valence-electron chi connectivity index (χ4n) is 3.84. The van der Waals surface area contributed by atoms with Gasteiger partial charge in [-0.05, 0) is 24.8 Å². The van der Waals surface area contributed by atoms with E-state index in [9.17, 15) is 9.59 Å². The first-order valence-electron chi connectivity index (χ1n) is 9.63. The molecule has 2 aromatic heterocycles. The van der Waals surface area contributed by atoms with Crippen LogP contribution in [0.3, 0.4) is 0 Å². The van der Waals surface area contributed by atoms with Crippen LogP contribution in [-0.4, -0.2) is 32.4 Å². The molecule has 1 aromatic carbocycles. The Kier molecular flexibility index (Phi) is 4.83. The lowest BCUT2D eigenvalue weighted by molar-refractivity contribution is 0.664. The van der Waals surface area contributed by atoms with Crippen LogP contribution in [-0.2, 0) is 20.0 Å². The van der Waals surface area contributed by atoms with Crippen molar-refractivity contribution in [1.29, 1.82) is 0 Å². The van der Waals surface area contributed by atoms with Gasteiger partial charge < -0.3 is 9.47 Å². The van der Waals surface area contributed by atoms with Gasteiger partial charge in [0, 0.05) is 26.7 Å². The lowest BCUT2D eigenvalue weighted by Crippen LogP contribution is -2.29. The Morgan fingerprint density at radius 1 is 1.04 bits per heavy atom. The predicted molar refractivity (Wildman–Crippen MR) is 106 cm³/mol. The SMILES string of the molecule is Cn1[nH]c(=O)c2c(nc(N3CCCCCC3)n2CCc2ccccc2)c1=O. The van der Waals surface area contributed by atoms with Crippen LogP contribution in [0.4, 0.5) is 5.95 Å². The van der Waals surface area contributed by atoms with Crippen molar-refractivity contribution in [3.05, 3.63) is 56.6 Å². The van der Waals surface area contributed by atoms with E-state index in [0.29, 0.717) is 12.1 Å². The number of hydrogen-bond acceptors (Lipinski definition) is 4. The molecule has 1 N–H and O–H groups in total. The smallest absolute Gasteiger partial charge is 0.293 e. The Balaban J connectivity index is 1.82. The van der Waals surface area contributed by atoms with E-state index in [1.54, 1.807) is 7.05 Å². The molecule has 142 valence electrons. The van der Waals surface area contributed by atoms with Gasteiger partial charge in [0.05, 0.1) is 0 Å². The Hall–Kier alpha value is -2.83. The molecule has 0 atom stereocenters. The predicted octanol–water partition coefficient (Wildman–Crippen LogP) is 2.05. The van der Waals surface area contributed by atoms with E-state index in [4.69, 9.17) is 0 Å². The zero-order chi connectivity index (χ0) is 18.8. The Bertz CT molecular complexity index is 1040. The lowest BCUT2D eigenvalue weighted by Gasteiger charge is -2.22. The number of benzene rings is 1. The van der Waals surface area contributed by atoms with Crippen LogP contribution in [0.2, 0.25) is 0 Å². The Labute approximate surface area is 157 Å². The Morgan fingerprint density at radius 3 is 2.44 bits per heavy atom. The third-order valence-corrected chi connectivity index (χ3v) is 5.29. The molecule has 0 aliphatic carbocycles. The van der Waals surface area contributed by atoms with Gasteiger partial charge in [-0.25, -0.2) is 4.98 Å². The minimum absolute atomic E-state index is 0.258. The van der Waals surface area contributed by atoms with E-state index in [1.807, 2.05) is 22.8 Å². The maximum absolute atomic E-state index is 12.7. The van der Waals surface area contributed by atoms with Crippen LogP contribution >= 0.6 is 0 Å². The largest absolute Gasteiger partial charge is 0.342 e. The number of aromatic nitrogens is 4. The highest BCUT2D eigenvalue weighted by Gasteiger charge is 2.22. The molecule has 3 heterocycles. The Morgan fingerprint density at radius 2 is 1.74 bits per heavy atom. The molecule has 1 saturated heterocycles. The van der Waals surface area contributed by atoms with Crippen LogP contribution in [0.5, 0.6) is 0 Å². The van der Waals surface area contributed by atoms with Crippen LogP contribution in [0.1, 0.15) is 31.2 Å². The van der Waals surface area contributed by atoms with Crippen molar-refractivity contribution in [3.8, 4) is 0 Å². The fraction of sp³-hybridized carbons (Fsp3) is 0.450. The summed E-state index contributed by atoms with van der Waals surface area (Å²) >= 11 is 0. The third-order valence-electron chi connectivity index (χ3n) is 5.29. The van der Waals surface area contributed by atoms with Crippen molar-refractivity contribution in [2.45, 2.75) is 38.6 Å². The fourth-order valence-corrected chi connectivity index (χ4v) is 3.84. The van der Waals surface area contributed by atoms with Gasteiger partial charge in [-0.15, -0.1) is 0 Å². The highest BCUT2D eigenvalue weighted by molar-refractivity contribution is 5.77. The second-order valence-electron chi connectivity index (χ2n) is 7.20. The summed E-state index contributed by atoms with van der Waals surface area (Å²) in [4.78, 5) is 32.1. The number of anilines is 1. The molecule has 7 nitrogen and oxygen atoms in total. The van der Waals surface area contributed by atoms with Crippen molar-refractivity contribution >= 4 is 17.0 Å². The number of nitrogens with one attached hydrogen (secondary N) is 1. The maximum Gasteiger partial charge on any atom is 0.293 e. The quantitative estimate of drug-likeness (QED) is 0.766. The molecule has 0 radical (unpaired) electrons. The lowest BCUT2D eigenvalue weighted by atomic mass is 10.1. The molecule has 0 amide bonds. The summed E-state index contributed by atoms with van der Waals surface area (Å²) in [6.45, 7) is 2.43. The van der Waals surface area contributed by atoms with Crippen LogP contribution in [0, 0.1) is 0 Å². The van der Waals surface area contributed by atoms with Crippen LogP contribution < -0.4 is 16.0 Å². The van der Waals surface area contributed by atoms with Gasteiger partial charge in [0.1, 0.15) is 5.52 Å². The standard InChI is InChI=1S/C20H25N5O2/c1-23-19(27)16-17(18(26)22-23)25(14-11-15-9-5-4-6-10-15)20(21-16)24-12-7-2-3-8-13-24/h4-6,9-10H,2-3,7-8,11-14H2,1H3,(H,22,26). The van der Waals surface area contributed by atoms with Crippen molar-refractivity contribution in [2.75, 3.05) is 18.0 Å². The number of fused-ring (bicyclic) bond motifs is 1. The van der Waals surface area contributed by atoms with E-state index in [-0.39, 0.29) is 16.6 Å². The summed E-state index contributed by atoms with van der Waals surface area (Å²) < 4.78 is 3.15. The number of rotatable bonds is 4. The van der Waals surface area contributed by atoms with Gasteiger partial charge in [-0.3, -0.25) is 19.4 Å². The monoisotopic (exact) mass is 367 g/mol. The highest BCUT2D eigenvalue weighted by atomic mass is 16.2. The molecular formula is C20H25N5O2. The molecule has 1 aliphatic heterocycles. The normalized spacial score (nSPS) is 15.2. The van der Waals surface area contributed by atoms with E-state index >= 15 is 0 Å². The van der Waals surface area contributed by atoms with Gasteiger partial charge in [-0.2, -0.15) is 0 Å². The van der Waals surface area contributed by atoms with Gasteiger partial charge >= 0.3 is 0 Å². The topological polar surface area (TPSA) is 75.9 Å². The summed E-state index contributed by atoms with van der Waals surface area (Å²) in [5, 5.41) is 2.62. The molecule has 4 rings (SSSR count). The number of imidazole rings is 1. The zero-order valence-corrected chi connectivity index (χ0v) is 15.6. The van der Waals surface area contributed by atoms with E-state index in [1.165, 1.54) is 23.1 Å². The van der Waals surface area contributed by atoms with Gasteiger partial charge in [-0.1, -0.05) is 43.2 Å². The first-order chi connectivity index (χ1) is 13.1. The maximum atomic E-state index is 12.7. The van der Waals surface area contributed by atoms with E-state index in [0.717, 1.165) is 38.3 Å². The molecule has 0 saturated carbocycles. The summed E-state index contributed by atoms with van der Waals surface area (Å²) in [6.07, 6.45) is 5.42. The molecule has 1 aliphatic rings. The zero-order valence-electron chi connectivity index (χ0n) is 15.6. The molecule has 27 heavy (non-hydrogen) atoms. The number of aryl methyl sites for hydroxylation is 3. The van der Waals surface area contributed by atoms with Crippen LogP contribution in [0.25, 0.3) is 11.0 Å². The first kappa shape index (κ1) is 17.6. The molecule has 1 fully saturated rings. The number of nitrogens with zero attached hydrogens (tertiary/aromatic N) is 4. The molecule has 0 unspecified atom stereocenters. The average Bonchev–Trinajstić information content (AvgIpc) is 2.86. The number of H-pyrrole nitrogens is 1. The van der Waals surface area contributed by atoms with Crippen LogP contribution in [0.15, 0.2) is 39.9 Å². The molecule has 0 spiro atoms. The average molecular weight is 367 g/mol. The number of aromatic amines is 1. The summed E-state index contributed by atoms with van der Waals surface area (Å²) in [5.74, 6) is 0.747. The minimum Gasteiger partial charge on any atom is -0.342 e. The van der Waals surface area contributed by atoms with Crippen molar-refractivity contribution in [3.63, 3.8) is 0 Å². The van der Waals surface area contributed by atoms with Crippen molar-refractivity contribution in [1.82, 2.24) is 19.3 Å². The molecule has 0 bridgehead atoms. The molecular weight excluding hydrogens is 342 g/mol. The van der Waals surface area contributed by atoms with E-state index < -0.39 is 0 Å². The summed E-state index contributed by atoms with van der Waals surface area (Å²) in [7, 11) is 1.55. The minimum atomic E-state index is -0.270. The second kappa shape index (κ2) is 7.42. The first-order valence-corrected chi connectivity index (χ1v) is 9.63. The number of hydrogen-bond donors (Lipinski definition) is 1. The molecule has 3 aromatic rings. The van der Waals surface area contributed by atoms with Crippen molar-refractivity contribution in [2.24, 2.45) is 7.05 Å². The highest BCUT2D eigenvalue weighted by Crippen LogP contribution is 2.22. The summed E-state index contributed by atoms with van der Waals surface area (Å²) in [6, 6.07) is 10.2. The second-order valence-corrected chi connectivity index (χ2v) is 7.20.